The Morgan fingerprint density at radius 1 is 1.04 bits per heavy atom. The number of fused-ring (bicyclic) bond motifs is 1. The lowest BCUT2D eigenvalue weighted by atomic mass is 10.0. The van der Waals surface area contributed by atoms with E-state index in [0.717, 1.165) is 11.2 Å². The number of amides is 1. The van der Waals surface area contributed by atoms with E-state index in [4.69, 9.17) is 0 Å². The van der Waals surface area contributed by atoms with Crippen molar-refractivity contribution in [3.63, 3.8) is 0 Å². The highest BCUT2D eigenvalue weighted by molar-refractivity contribution is 5.97. The minimum Gasteiger partial charge on any atom is -0.380 e. The number of para-hydroxylation sites is 2. The minimum absolute atomic E-state index is 0.0564. The van der Waals surface area contributed by atoms with E-state index in [1.54, 1.807) is 12.1 Å². The van der Waals surface area contributed by atoms with Crippen LogP contribution in [0.2, 0.25) is 0 Å². The predicted molar refractivity (Wildman–Crippen MR) is 106 cm³/mol. The van der Waals surface area contributed by atoms with E-state index in [1.165, 1.54) is 6.20 Å². The molecule has 0 saturated carbocycles. The van der Waals surface area contributed by atoms with Crippen LogP contribution in [0.5, 0.6) is 0 Å². The van der Waals surface area contributed by atoms with Gasteiger partial charge in [0.2, 0.25) is 5.43 Å². The zero-order valence-electron chi connectivity index (χ0n) is 15.0. The van der Waals surface area contributed by atoms with Gasteiger partial charge in [0, 0.05) is 35.4 Å². The lowest BCUT2D eigenvalue weighted by molar-refractivity contribution is 0.0949. The highest BCUT2D eigenvalue weighted by atomic mass is 16.2. The fraction of sp³-hybridized carbons (Fsp3) is 0.238. The second-order valence-electron chi connectivity index (χ2n) is 6.65. The summed E-state index contributed by atoms with van der Waals surface area (Å²) in [5.41, 5.74) is 1.60. The smallest absolute Gasteiger partial charge is 0.256 e. The number of rotatable bonds is 6. The summed E-state index contributed by atoms with van der Waals surface area (Å²) in [5, 5.41) is 6.83. The molecular weight excluding hydrogens is 326 g/mol. The Kier molecular flexibility index (Phi) is 5.37. The number of H-pyrrole nitrogens is 1. The number of aromatic amines is 1. The maximum absolute atomic E-state index is 12.5. The molecular formula is C21H23N3O2. The molecule has 0 radical (unpaired) electrons. The summed E-state index contributed by atoms with van der Waals surface area (Å²) in [6, 6.07) is 17.1. The number of carbonyl (C=O) groups excluding carboxylic acids is 1. The van der Waals surface area contributed by atoms with Crippen LogP contribution in [-0.4, -0.2) is 23.5 Å². The van der Waals surface area contributed by atoms with Crippen molar-refractivity contribution in [2.24, 2.45) is 5.92 Å². The van der Waals surface area contributed by atoms with Gasteiger partial charge in [-0.2, -0.15) is 0 Å². The van der Waals surface area contributed by atoms with Crippen LogP contribution in [0.25, 0.3) is 10.9 Å². The Morgan fingerprint density at radius 2 is 1.73 bits per heavy atom. The Hall–Kier alpha value is -3.08. The summed E-state index contributed by atoms with van der Waals surface area (Å²) in [6.07, 6.45) is 1.48. The molecule has 1 atom stereocenters. The third-order valence-corrected chi connectivity index (χ3v) is 4.45. The van der Waals surface area contributed by atoms with Gasteiger partial charge in [0.15, 0.2) is 0 Å². The molecule has 0 unspecified atom stereocenters. The first kappa shape index (κ1) is 17.7. The van der Waals surface area contributed by atoms with Gasteiger partial charge in [-0.25, -0.2) is 0 Å². The molecule has 5 nitrogen and oxygen atoms in total. The van der Waals surface area contributed by atoms with Gasteiger partial charge in [-0.15, -0.1) is 0 Å². The van der Waals surface area contributed by atoms with Crippen molar-refractivity contribution < 1.29 is 4.79 Å². The van der Waals surface area contributed by atoms with Gasteiger partial charge in [0.1, 0.15) is 5.56 Å². The molecule has 3 rings (SSSR count). The second kappa shape index (κ2) is 7.87. The largest absolute Gasteiger partial charge is 0.380 e. The van der Waals surface area contributed by atoms with Crippen LogP contribution in [0.15, 0.2) is 65.6 Å². The monoisotopic (exact) mass is 349 g/mol. The van der Waals surface area contributed by atoms with Crippen LogP contribution >= 0.6 is 0 Å². The average molecular weight is 349 g/mol. The summed E-state index contributed by atoms with van der Waals surface area (Å²) in [7, 11) is 0. The number of anilines is 1. The lowest BCUT2D eigenvalue weighted by Gasteiger charge is -2.24. The second-order valence-corrected chi connectivity index (χ2v) is 6.65. The maximum atomic E-state index is 12.5. The molecule has 1 heterocycles. The Balaban J connectivity index is 1.72. The summed E-state index contributed by atoms with van der Waals surface area (Å²) < 4.78 is 0. The fourth-order valence-electron chi connectivity index (χ4n) is 2.84. The van der Waals surface area contributed by atoms with E-state index < -0.39 is 0 Å². The molecule has 3 N–H and O–H groups in total. The summed E-state index contributed by atoms with van der Waals surface area (Å²) in [6.45, 7) is 4.61. The van der Waals surface area contributed by atoms with E-state index in [2.05, 4.69) is 29.5 Å². The molecule has 1 aromatic heterocycles. The van der Waals surface area contributed by atoms with Crippen molar-refractivity contribution in [2.75, 3.05) is 11.9 Å². The molecule has 1 amide bonds. The third kappa shape index (κ3) is 3.94. The molecule has 0 spiro atoms. The van der Waals surface area contributed by atoms with Crippen molar-refractivity contribution in [1.82, 2.24) is 10.3 Å². The van der Waals surface area contributed by atoms with Crippen molar-refractivity contribution in [3.05, 3.63) is 76.6 Å². The van der Waals surface area contributed by atoms with Crippen LogP contribution in [0.3, 0.4) is 0 Å². The normalized spacial score (nSPS) is 12.1. The average Bonchev–Trinajstić information content (AvgIpc) is 2.66. The molecule has 0 aliphatic heterocycles. The highest BCUT2D eigenvalue weighted by Gasteiger charge is 2.17. The van der Waals surface area contributed by atoms with E-state index in [9.17, 15) is 9.59 Å². The molecule has 2 aromatic carbocycles. The Bertz CT molecular complexity index is 948. The SMILES string of the molecule is CC(C)[C@H](CNC(=O)c1c[nH]c2ccccc2c1=O)Nc1ccccc1. The van der Waals surface area contributed by atoms with Gasteiger partial charge < -0.3 is 15.6 Å². The van der Waals surface area contributed by atoms with Crippen molar-refractivity contribution in [3.8, 4) is 0 Å². The van der Waals surface area contributed by atoms with E-state index in [-0.39, 0.29) is 22.9 Å². The van der Waals surface area contributed by atoms with E-state index in [0.29, 0.717) is 17.8 Å². The molecule has 0 fully saturated rings. The fourth-order valence-corrected chi connectivity index (χ4v) is 2.84. The first-order chi connectivity index (χ1) is 12.6. The minimum atomic E-state index is -0.363. The zero-order chi connectivity index (χ0) is 18.5. The number of hydrogen-bond acceptors (Lipinski definition) is 3. The van der Waals surface area contributed by atoms with Gasteiger partial charge in [-0.1, -0.05) is 44.2 Å². The number of benzene rings is 2. The van der Waals surface area contributed by atoms with Crippen LogP contribution in [0.4, 0.5) is 5.69 Å². The molecule has 0 bridgehead atoms. The summed E-state index contributed by atoms with van der Waals surface area (Å²) >= 11 is 0. The summed E-state index contributed by atoms with van der Waals surface area (Å²) in [4.78, 5) is 28.1. The molecule has 26 heavy (non-hydrogen) atoms. The van der Waals surface area contributed by atoms with Gasteiger partial charge in [0.25, 0.3) is 5.91 Å². The maximum Gasteiger partial charge on any atom is 0.256 e. The predicted octanol–water partition coefficient (Wildman–Crippen LogP) is 3.39. The quantitative estimate of drug-likeness (QED) is 0.638. The van der Waals surface area contributed by atoms with E-state index in [1.807, 2.05) is 42.5 Å². The molecule has 0 saturated heterocycles. The first-order valence-corrected chi connectivity index (χ1v) is 8.76. The van der Waals surface area contributed by atoms with Crippen molar-refractivity contribution in [1.29, 1.82) is 0 Å². The Labute approximate surface area is 152 Å². The van der Waals surface area contributed by atoms with Crippen molar-refractivity contribution >= 4 is 22.5 Å². The molecule has 3 aromatic rings. The topological polar surface area (TPSA) is 74.0 Å². The van der Waals surface area contributed by atoms with Crippen LogP contribution in [0.1, 0.15) is 24.2 Å². The third-order valence-electron chi connectivity index (χ3n) is 4.45. The van der Waals surface area contributed by atoms with Crippen LogP contribution < -0.4 is 16.1 Å². The summed E-state index contributed by atoms with van der Waals surface area (Å²) in [5.74, 6) is -0.0529. The van der Waals surface area contributed by atoms with Gasteiger partial charge in [-0.3, -0.25) is 9.59 Å². The van der Waals surface area contributed by atoms with E-state index >= 15 is 0 Å². The first-order valence-electron chi connectivity index (χ1n) is 8.76. The number of hydrogen-bond donors (Lipinski definition) is 3. The molecule has 0 aliphatic carbocycles. The number of pyridine rings is 1. The lowest BCUT2D eigenvalue weighted by Crippen LogP contribution is -2.40. The molecule has 0 aliphatic rings. The molecule has 5 heteroatoms. The molecule has 134 valence electrons. The Morgan fingerprint density at radius 3 is 2.46 bits per heavy atom. The highest BCUT2D eigenvalue weighted by Crippen LogP contribution is 2.12. The number of carbonyl (C=O) groups is 1. The van der Waals surface area contributed by atoms with Crippen LogP contribution in [0, 0.1) is 5.92 Å². The van der Waals surface area contributed by atoms with Gasteiger partial charge in [0.05, 0.1) is 0 Å². The van der Waals surface area contributed by atoms with Gasteiger partial charge >= 0.3 is 0 Å². The van der Waals surface area contributed by atoms with Crippen LogP contribution in [-0.2, 0) is 0 Å². The van der Waals surface area contributed by atoms with Crippen molar-refractivity contribution in [2.45, 2.75) is 19.9 Å². The number of nitrogens with one attached hydrogen (secondary N) is 3. The standard InChI is InChI=1S/C21H23N3O2/c1-14(2)19(24-15-8-4-3-5-9-15)13-23-21(26)17-12-22-18-11-7-6-10-16(18)20(17)25/h3-12,14,19,24H,13H2,1-2H3,(H,22,25)(H,23,26)/t19-/m0/s1. The number of aromatic nitrogens is 1. The van der Waals surface area contributed by atoms with Gasteiger partial charge in [-0.05, 0) is 30.2 Å². The zero-order valence-corrected chi connectivity index (χ0v) is 15.0.